The minimum absolute atomic E-state index is 0.0966. The topological polar surface area (TPSA) is 46.6 Å². The van der Waals surface area contributed by atoms with Crippen molar-refractivity contribution in [1.29, 1.82) is 0 Å². The van der Waals surface area contributed by atoms with Crippen LogP contribution >= 0.6 is 0 Å². The van der Waals surface area contributed by atoms with E-state index in [1.165, 1.54) is 0 Å². The molecule has 0 aliphatic heterocycles. The number of amides is 1. The largest absolute Gasteiger partial charge is 0.460 e. The molecule has 0 fully saturated rings. The van der Waals surface area contributed by atoms with Crippen LogP contribution in [0.5, 0.6) is 0 Å². The molecule has 0 saturated carbocycles. The Bertz CT molecular complexity index is 305. The molecule has 0 bridgehead atoms. The van der Waals surface area contributed by atoms with E-state index in [1.807, 2.05) is 0 Å². The molecule has 0 saturated heterocycles. The quantitative estimate of drug-likeness (QED) is 0.516. The summed E-state index contributed by atoms with van der Waals surface area (Å²) in [6.45, 7) is 13.5. The molecule has 0 aliphatic rings. The number of hydrogen-bond acceptors (Lipinski definition) is 3. The van der Waals surface area contributed by atoms with E-state index in [2.05, 4.69) is 13.2 Å². The summed E-state index contributed by atoms with van der Waals surface area (Å²) in [5.41, 5.74) is -0.512. The second kappa shape index (κ2) is 7.69. The molecule has 102 valence electrons. The van der Waals surface area contributed by atoms with Gasteiger partial charge in [0.15, 0.2) is 0 Å². The highest BCUT2D eigenvalue weighted by Crippen LogP contribution is 2.09. The molecule has 0 radical (unpaired) electrons. The van der Waals surface area contributed by atoms with Gasteiger partial charge >= 0.3 is 5.97 Å². The van der Waals surface area contributed by atoms with Crippen LogP contribution in [0.2, 0.25) is 0 Å². The summed E-state index contributed by atoms with van der Waals surface area (Å²) in [4.78, 5) is 24.9. The van der Waals surface area contributed by atoms with Crippen molar-refractivity contribution >= 4 is 11.9 Å². The maximum absolute atomic E-state index is 11.8. The van der Waals surface area contributed by atoms with Gasteiger partial charge < -0.3 is 9.64 Å². The molecule has 0 aromatic carbocycles. The average Bonchev–Trinajstić information content (AvgIpc) is 2.23. The van der Waals surface area contributed by atoms with Gasteiger partial charge in [-0.3, -0.25) is 9.59 Å². The zero-order chi connectivity index (χ0) is 14.2. The van der Waals surface area contributed by atoms with Crippen molar-refractivity contribution < 1.29 is 14.3 Å². The van der Waals surface area contributed by atoms with Gasteiger partial charge in [-0.05, 0) is 20.8 Å². The first kappa shape index (κ1) is 16.4. The van der Waals surface area contributed by atoms with E-state index in [-0.39, 0.29) is 24.7 Å². The molecule has 0 atom stereocenters. The van der Waals surface area contributed by atoms with Crippen molar-refractivity contribution in [2.45, 2.75) is 39.2 Å². The number of carbonyl (C=O) groups excluding carboxylic acids is 2. The lowest BCUT2D eigenvalue weighted by Gasteiger charge is -2.21. The van der Waals surface area contributed by atoms with Gasteiger partial charge in [0.1, 0.15) is 5.60 Å². The maximum atomic E-state index is 11.8. The second-order valence-corrected chi connectivity index (χ2v) is 4.96. The molecule has 18 heavy (non-hydrogen) atoms. The number of nitrogens with zero attached hydrogens (tertiary/aromatic N) is 1. The van der Waals surface area contributed by atoms with Gasteiger partial charge in [0.25, 0.3) is 0 Å². The number of hydrogen-bond donors (Lipinski definition) is 0. The number of rotatable bonds is 7. The maximum Gasteiger partial charge on any atom is 0.306 e. The lowest BCUT2D eigenvalue weighted by Crippen LogP contribution is -2.32. The van der Waals surface area contributed by atoms with Gasteiger partial charge in [0.05, 0.1) is 6.42 Å². The monoisotopic (exact) mass is 253 g/mol. The third kappa shape index (κ3) is 7.65. The minimum atomic E-state index is -0.512. The fraction of sp³-hybridized carbons (Fsp3) is 0.571. The summed E-state index contributed by atoms with van der Waals surface area (Å²) in [5, 5.41) is 0. The molecule has 4 heteroatoms. The molecule has 0 aromatic heterocycles. The van der Waals surface area contributed by atoms with Gasteiger partial charge in [-0.1, -0.05) is 12.2 Å². The number of ether oxygens (including phenoxy) is 1. The Morgan fingerprint density at radius 3 is 2.00 bits per heavy atom. The van der Waals surface area contributed by atoms with Gasteiger partial charge in [0.2, 0.25) is 5.91 Å². The van der Waals surface area contributed by atoms with E-state index >= 15 is 0 Å². The van der Waals surface area contributed by atoms with Crippen LogP contribution in [0.15, 0.2) is 25.3 Å². The van der Waals surface area contributed by atoms with Gasteiger partial charge in [0, 0.05) is 19.5 Å². The number of carbonyl (C=O) groups is 2. The molecule has 4 nitrogen and oxygen atoms in total. The van der Waals surface area contributed by atoms with Crippen molar-refractivity contribution in [2.24, 2.45) is 0 Å². The normalized spacial score (nSPS) is 10.6. The molecule has 0 aromatic rings. The van der Waals surface area contributed by atoms with Crippen molar-refractivity contribution in [2.75, 3.05) is 13.1 Å². The van der Waals surface area contributed by atoms with Crippen molar-refractivity contribution in [1.82, 2.24) is 4.90 Å². The molecular weight excluding hydrogens is 230 g/mol. The van der Waals surface area contributed by atoms with Crippen LogP contribution in [0.4, 0.5) is 0 Å². The molecule has 0 heterocycles. The molecule has 0 N–H and O–H groups in total. The van der Waals surface area contributed by atoms with Crippen molar-refractivity contribution in [3.05, 3.63) is 25.3 Å². The third-order valence-electron chi connectivity index (χ3n) is 2.01. The zero-order valence-corrected chi connectivity index (χ0v) is 11.6. The zero-order valence-electron chi connectivity index (χ0n) is 11.6. The average molecular weight is 253 g/mol. The van der Waals surface area contributed by atoms with E-state index in [1.54, 1.807) is 37.8 Å². The molecule has 0 aliphatic carbocycles. The van der Waals surface area contributed by atoms with Crippen LogP contribution in [-0.2, 0) is 14.3 Å². The first-order chi connectivity index (χ1) is 8.30. The minimum Gasteiger partial charge on any atom is -0.460 e. The summed E-state index contributed by atoms with van der Waals surface area (Å²) < 4.78 is 5.14. The standard InChI is InChI=1S/C14H23NO3/c1-6-10-15(11-7-2)12(16)8-9-13(17)18-14(3,4)5/h6-7H,1-2,8-11H2,3-5H3. The Balaban J connectivity index is 4.18. The molecule has 0 rings (SSSR count). The number of esters is 1. The molecular formula is C14H23NO3. The van der Waals surface area contributed by atoms with Crippen LogP contribution in [0.1, 0.15) is 33.6 Å². The van der Waals surface area contributed by atoms with Gasteiger partial charge in [-0.2, -0.15) is 0 Å². The Labute approximate surface area is 109 Å². The third-order valence-corrected chi connectivity index (χ3v) is 2.01. The SMILES string of the molecule is C=CCN(CC=C)C(=O)CCC(=O)OC(C)(C)C. The highest BCUT2D eigenvalue weighted by molar-refractivity contribution is 5.81. The molecule has 1 amide bonds. The van der Waals surface area contributed by atoms with Crippen LogP contribution in [0.3, 0.4) is 0 Å². The van der Waals surface area contributed by atoms with Crippen LogP contribution in [-0.4, -0.2) is 35.5 Å². The summed E-state index contributed by atoms with van der Waals surface area (Å²) in [6, 6.07) is 0. The smallest absolute Gasteiger partial charge is 0.306 e. The molecule has 0 spiro atoms. The van der Waals surface area contributed by atoms with Crippen molar-refractivity contribution in [3.63, 3.8) is 0 Å². The van der Waals surface area contributed by atoms with E-state index < -0.39 is 5.60 Å². The van der Waals surface area contributed by atoms with Crippen LogP contribution in [0.25, 0.3) is 0 Å². The van der Waals surface area contributed by atoms with E-state index in [9.17, 15) is 9.59 Å². The Morgan fingerprint density at radius 1 is 1.11 bits per heavy atom. The summed E-state index contributed by atoms with van der Waals surface area (Å²) in [7, 11) is 0. The summed E-state index contributed by atoms with van der Waals surface area (Å²) in [6.07, 6.45) is 3.54. The van der Waals surface area contributed by atoms with E-state index in [0.717, 1.165) is 0 Å². The van der Waals surface area contributed by atoms with Gasteiger partial charge in [-0.25, -0.2) is 0 Å². The first-order valence-corrected chi connectivity index (χ1v) is 6.01. The van der Waals surface area contributed by atoms with Crippen molar-refractivity contribution in [3.8, 4) is 0 Å². The van der Waals surface area contributed by atoms with Crippen LogP contribution in [0, 0.1) is 0 Å². The predicted molar refractivity (Wildman–Crippen MR) is 72.1 cm³/mol. The lowest BCUT2D eigenvalue weighted by molar-refractivity contribution is -0.156. The Hall–Kier alpha value is -1.58. The summed E-state index contributed by atoms with van der Waals surface area (Å²) >= 11 is 0. The molecule has 0 unspecified atom stereocenters. The predicted octanol–water partition coefficient (Wildman–Crippen LogP) is 2.31. The highest BCUT2D eigenvalue weighted by atomic mass is 16.6. The fourth-order valence-electron chi connectivity index (χ4n) is 1.35. The van der Waals surface area contributed by atoms with E-state index in [0.29, 0.717) is 13.1 Å². The summed E-state index contributed by atoms with van der Waals surface area (Å²) in [5.74, 6) is -0.450. The van der Waals surface area contributed by atoms with Gasteiger partial charge in [-0.15, -0.1) is 13.2 Å². The highest BCUT2D eigenvalue weighted by Gasteiger charge is 2.18. The second-order valence-electron chi connectivity index (χ2n) is 4.96. The lowest BCUT2D eigenvalue weighted by atomic mass is 10.2. The first-order valence-electron chi connectivity index (χ1n) is 6.01. The fourth-order valence-corrected chi connectivity index (χ4v) is 1.35. The Kier molecular flexibility index (Phi) is 7.01. The van der Waals surface area contributed by atoms with Crippen LogP contribution < -0.4 is 0 Å². The van der Waals surface area contributed by atoms with E-state index in [4.69, 9.17) is 4.74 Å². The Morgan fingerprint density at radius 2 is 1.61 bits per heavy atom.